The van der Waals surface area contributed by atoms with E-state index in [0.29, 0.717) is 17.2 Å². The van der Waals surface area contributed by atoms with E-state index in [0.717, 1.165) is 5.69 Å². The van der Waals surface area contributed by atoms with Gasteiger partial charge in [-0.05, 0) is 19.1 Å². The first-order valence-electron chi connectivity index (χ1n) is 6.08. The second kappa shape index (κ2) is 6.29. The minimum atomic E-state index is -3.43. The summed E-state index contributed by atoms with van der Waals surface area (Å²) >= 11 is 1.23. The number of hydrogen-bond acceptors (Lipinski definition) is 6. The third kappa shape index (κ3) is 4.26. The lowest BCUT2D eigenvalue weighted by atomic mass is 10.3. The van der Waals surface area contributed by atoms with Crippen LogP contribution in [0.1, 0.15) is 24.4 Å². The zero-order valence-electron chi connectivity index (χ0n) is 11.0. The van der Waals surface area contributed by atoms with Crippen molar-refractivity contribution in [1.82, 2.24) is 9.97 Å². The van der Waals surface area contributed by atoms with Crippen molar-refractivity contribution in [1.29, 1.82) is 0 Å². The first-order chi connectivity index (χ1) is 9.46. The van der Waals surface area contributed by atoms with Gasteiger partial charge in [0, 0.05) is 29.7 Å². The van der Waals surface area contributed by atoms with Gasteiger partial charge in [0.1, 0.15) is 0 Å². The monoisotopic (exact) mass is 312 g/mol. The lowest BCUT2D eigenvalue weighted by Gasteiger charge is -2.05. The van der Waals surface area contributed by atoms with E-state index >= 15 is 0 Å². The van der Waals surface area contributed by atoms with Gasteiger partial charge in [0.15, 0.2) is 5.13 Å². The average molecular weight is 312 g/mol. The van der Waals surface area contributed by atoms with Gasteiger partial charge in [-0.3, -0.25) is 9.71 Å². The van der Waals surface area contributed by atoms with E-state index in [-0.39, 0.29) is 11.8 Å². The van der Waals surface area contributed by atoms with E-state index in [2.05, 4.69) is 14.7 Å². The standard InChI is InChI=1S/C12H16N4O2S2/c1-9(13)11-8-19-12(15-11)16-20(17,18)7-5-10-4-2-3-6-14-10/h2-4,6,8-9H,5,7,13H2,1H3,(H,15,16). The number of thiazole rings is 1. The molecule has 0 aliphatic carbocycles. The number of nitrogens with one attached hydrogen (secondary N) is 1. The predicted molar refractivity (Wildman–Crippen MR) is 80.1 cm³/mol. The first kappa shape index (κ1) is 14.9. The summed E-state index contributed by atoms with van der Waals surface area (Å²) in [5.74, 6) is -0.0306. The Bertz CT molecular complexity index is 653. The molecule has 0 aliphatic heterocycles. The Balaban J connectivity index is 1.96. The van der Waals surface area contributed by atoms with E-state index in [1.54, 1.807) is 30.6 Å². The minimum absolute atomic E-state index is 0.0306. The highest BCUT2D eigenvalue weighted by molar-refractivity contribution is 7.92. The Morgan fingerprint density at radius 2 is 2.25 bits per heavy atom. The first-order valence-corrected chi connectivity index (χ1v) is 8.61. The topological polar surface area (TPSA) is 98.0 Å². The summed E-state index contributed by atoms with van der Waals surface area (Å²) in [5, 5.41) is 2.10. The maximum absolute atomic E-state index is 11.9. The van der Waals surface area contributed by atoms with Gasteiger partial charge in [0.2, 0.25) is 10.0 Å². The van der Waals surface area contributed by atoms with Crippen LogP contribution in [0.25, 0.3) is 0 Å². The number of nitrogens with zero attached hydrogens (tertiary/aromatic N) is 2. The summed E-state index contributed by atoms with van der Waals surface area (Å²) in [6.07, 6.45) is 2.01. The van der Waals surface area contributed by atoms with Crippen LogP contribution in [-0.4, -0.2) is 24.1 Å². The fourth-order valence-electron chi connectivity index (χ4n) is 1.51. The molecule has 2 aromatic rings. The Kier molecular flexibility index (Phi) is 4.69. The Morgan fingerprint density at radius 1 is 1.45 bits per heavy atom. The number of aromatic nitrogens is 2. The van der Waals surface area contributed by atoms with Crippen LogP contribution in [0.4, 0.5) is 5.13 Å². The number of anilines is 1. The second-order valence-corrected chi connectivity index (χ2v) is 7.06. The molecule has 0 aromatic carbocycles. The fraction of sp³-hybridized carbons (Fsp3) is 0.333. The molecule has 6 nitrogen and oxygen atoms in total. The Labute approximate surface area is 122 Å². The van der Waals surface area contributed by atoms with Gasteiger partial charge in [-0.1, -0.05) is 6.07 Å². The maximum atomic E-state index is 11.9. The summed E-state index contributed by atoms with van der Waals surface area (Å²) in [7, 11) is -3.43. The highest BCUT2D eigenvalue weighted by Crippen LogP contribution is 2.20. The molecule has 1 unspecified atom stereocenters. The molecule has 1 atom stereocenters. The van der Waals surface area contributed by atoms with E-state index < -0.39 is 10.0 Å². The molecular formula is C12H16N4O2S2. The molecule has 0 saturated carbocycles. The van der Waals surface area contributed by atoms with Crippen LogP contribution in [-0.2, 0) is 16.4 Å². The van der Waals surface area contributed by atoms with Crippen molar-refractivity contribution in [3.8, 4) is 0 Å². The number of nitrogens with two attached hydrogens (primary N) is 1. The van der Waals surface area contributed by atoms with E-state index in [1.807, 2.05) is 6.07 Å². The third-order valence-electron chi connectivity index (χ3n) is 2.58. The quantitative estimate of drug-likeness (QED) is 0.843. The molecule has 0 fully saturated rings. The van der Waals surface area contributed by atoms with Gasteiger partial charge in [0.05, 0.1) is 11.4 Å². The summed E-state index contributed by atoms with van der Waals surface area (Å²) in [6.45, 7) is 1.80. The summed E-state index contributed by atoms with van der Waals surface area (Å²) in [6, 6.07) is 5.21. The minimum Gasteiger partial charge on any atom is -0.323 e. The molecule has 0 bridgehead atoms. The van der Waals surface area contributed by atoms with Crippen molar-refractivity contribution < 1.29 is 8.42 Å². The van der Waals surface area contributed by atoms with Crippen molar-refractivity contribution in [2.24, 2.45) is 5.73 Å². The smallest absolute Gasteiger partial charge is 0.234 e. The number of rotatable bonds is 6. The Morgan fingerprint density at radius 3 is 2.85 bits per heavy atom. The van der Waals surface area contributed by atoms with Crippen LogP contribution in [0.5, 0.6) is 0 Å². The summed E-state index contributed by atoms with van der Waals surface area (Å²) in [4.78, 5) is 8.23. The van der Waals surface area contributed by atoms with Crippen molar-refractivity contribution in [2.45, 2.75) is 19.4 Å². The van der Waals surface area contributed by atoms with E-state index in [9.17, 15) is 8.42 Å². The number of hydrogen-bond donors (Lipinski definition) is 2. The van der Waals surface area contributed by atoms with E-state index in [1.165, 1.54) is 11.3 Å². The fourth-order valence-corrected chi connectivity index (χ4v) is 3.63. The van der Waals surface area contributed by atoms with Gasteiger partial charge in [-0.15, -0.1) is 11.3 Å². The van der Waals surface area contributed by atoms with Crippen LogP contribution in [0.15, 0.2) is 29.8 Å². The zero-order valence-corrected chi connectivity index (χ0v) is 12.6. The molecule has 0 radical (unpaired) electrons. The molecule has 2 aromatic heterocycles. The molecule has 20 heavy (non-hydrogen) atoms. The molecule has 3 N–H and O–H groups in total. The van der Waals surface area contributed by atoms with Crippen molar-refractivity contribution in [3.63, 3.8) is 0 Å². The summed E-state index contributed by atoms with van der Waals surface area (Å²) < 4.78 is 26.4. The van der Waals surface area contributed by atoms with Crippen LogP contribution >= 0.6 is 11.3 Å². The SMILES string of the molecule is CC(N)c1csc(NS(=O)(=O)CCc2ccccn2)n1. The number of sulfonamides is 1. The van der Waals surface area contributed by atoms with Gasteiger partial charge < -0.3 is 5.73 Å². The lowest BCUT2D eigenvalue weighted by Crippen LogP contribution is -2.18. The molecule has 108 valence electrons. The predicted octanol–water partition coefficient (Wildman–Crippen LogP) is 1.54. The average Bonchev–Trinajstić information content (AvgIpc) is 2.86. The van der Waals surface area contributed by atoms with Crippen molar-refractivity contribution >= 4 is 26.5 Å². The molecule has 2 heterocycles. The number of aryl methyl sites for hydroxylation is 1. The molecule has 8 heteroatoms. The van der Waals surface area contributed by atoms with Gasteiger partial charge in [-0.25, -0.2) is 13.4 Å². The molecular weight excluding hydrogens is 296 g/mol. The number of pyridine rings is 1. The largest absolute Gasteiger partial charge is 0.323 e. The third-order valence-corrected chi connectivity index (χ3v) is 4.74. The van der Waals surface area contributed by atoms with Gasteiger partial charge >= 0.3 is 0 Å². The van der Waals surface area contributed by atoms with Crippen molar-refractivity contribution in [3.05, 3.63) is 41.2 Å². The van der Waals surface area contributed by atoms with Crippen LogP contribution in [0.3, 0.4) is 0 Å². The second-order valence-electron chi connectivity index (χ2n) is 4.36. The Hall–Kier alpha value is -1.51. The normalized spacial score (nSPS) is 13.1. The molecule has 0 aliphatic rings. The summed E-state index contributed by atoms with van der Waals surface area (Å²) in [5.41, 5.74) is 7.11. The molecule has 0 spiro atoms. The van der Waals surface area contributed by atoms with Gasteiger partial charge in [-0.2, -0.15) is 0 Å². The highest BCUT2D eigenvalue weighted by Gasteiger charge is 2.14. The van der Waals surface area contributed by atoms with E-state index in [4.69, 9.17) is 5.73 Å². The highest BCUT2D eigenvalue weighted by atomic mass is 32.2. The molecule has 2 rings (SSSR count). The zero-order chi connectivity index (χ0) is 14.6. The maximum Gasteiger partial charge on any atom is 0.234 e. The molecule has 0 saturated heterocycles. The lowest BCUT2D eigenvalue weighted by molar-refractivity contribution is 0.600. The van der Waals surface area contributed by atoms with Crippen LogP contribution < -0.4 is 10.5 Å². The van der Waals surface area contributed by atoms with Gasteiger partial charge in [0.25, 0.3) is 0 Å². The molecule has 0 amide bonds. The van der Waals surface area contributed by atoms with Crippen LogP contribution in [0.2, 0.25) is 0 Å². The van der Waals surface area contributed by atoms with Crippen LogP contribution in [0, 0.1) is 0 Å². The van der Waals surface area contributed by atoms with Crippen molar-refractivity contribution in [2.75, 3.05) is 10.5 Å².